The predicted octanol–water partition coefficient (Wildman–Crippen LogP) is 3.45. The zero-order chi connectivity index (χ0) is 13.1. The lowest BCUT2D eigenvalue weighted by atomic mass is 9.82. The lowest BCUT2D eigenvalue weighted by Crippen LogP contribution is -2.39. The second kappa shape index (κ2) is 5.65. The number of aryl methyl sites for hydroxylation is 1. The molecule has 0 saturated heterocycles. The zero-order valence-corrected chi connectivity index (χ0v) is 11.7. The minimum absolute atomic E-state index is 0.0372. The number of nitrogens with two attached hydrogens (primary N) is 1. The molecule has 0 bridgehead atoms. The molecule has 1 rings (SSSR count). The van der Waals surface area contributed by atoms with Crippen molar-refractivity contribution in [2.24, 2.45) is 11.1 Å². The van der Waals surface area contributed by atoms with Crippen molar-refractivity contribution < 1.29 is 4.74 Å². The van der Waals surface area contributed by atoms with Crippen molar-refractivity contribution in [3.05, 3.63) is 35.4 Å². The summed E-state index contributed by atoms with van der Waals surface area (Å²) in [6, 6.07) is 8.31. The van der Waals surface area contributed by atoms with Crippen molar-refractivity contribution >= 4 is 0 Å². The highest BCUT2D eigenvalue weighted by Crippen LogP contribution is 2.31. The Morgan fingerprint density at radius 1 is 1.18 bits per heavy atom. The maximum Gasteiger partial charge on any atom is 0.0815 e. The molecule has 0 aliphatic carbocycles. The normalized spacial score (nSPS) is 15.6. The minimum Gasteiger partial charge on any atom is -0.376 e. The van der Waals surface area contributed by atoms with E-state index in [0.717, 1.165) is 5.56 Å². The number of hydrogen-bond donors (Lipinski definition) is 1. The highest BCUT2D eigenvalue weighted by molar-refractivity contribution is 5.25. The molecule has 0 aromatic heterocycles. The molecule has 0 amide bonds. The summed E-state index contributed by atoms with van der Waals surface area (Å²) in [5.74, 6) is 0. The summed E-state index contributed by atoms with van der Waals surface area (Å²) in [6.07, 6.45) is 0.0372. The second-order valence-electron chi connectivity index (χ2n) is 5.68. The van der Waals surface area contributed by atoms with E-state index in [1.54, 1.807) is 0 Å². The van der Waals surface area contributed by atoms with Gasteiger partial charge in [-0.15, -0.1) is 0 Å². The van der Waals surface area contributed by atoms with Crippen LogP contribution in [0.2, 0.25) is 0 Å². The van der Waals surface area contributed by atoms with E-state index in [-0.39, 0.29) is 17.6 Å². The first-order chi connectivity index (χ1) is 7.86. The average molecular weight is 235 g/mol. The van der Waals surface area contributed by atoms with Crippen molar-refractivity contribution in [1.82, 2.24) is 0 Å². The van der Waals surface area contributed by atoms with Crippen LogP contribution in [0.3, 0.4) is 0 Å². The second-order valence-corrected chi connectivity index (χ2v) is 5.68. The van der Waals surface area contributed by atoms with E-state index in [0.29, 0.717) is 6.61 Å². The maximum absolute atomic E-state index is 6.34. The Hall–Kier alpha value is -0.860. The van der Waals surface area contributed by atoms with Crippen LogP contribution < -0.4 is 5.73 Å². The summed E-state index contributed by atoms with van der Waals surface area (Å²) >= 11 is 0. The summed E-state index contributed by atoms with van der Waals surface area (Å²) in [4.78, 5) is 0. The molecule has 0 aliphatic heterocycles. The van der Waals surface area contributed by atoms with Gasteiger partial charge in [-0.25, -0.2) is 0 Å². The number of ether oxygens (including phenoxy) is 1. The quantitative estimate of drug-likeness (QED) is 0.867. The number of rotatable bonds is 4. The molecule has 1 aromatic rings. The molecular weight excluding hydrogens is 210 g/mol. The maximum atomic E-state index is 6.34. The first-order valence-corrected chi connectivity index (χ1v) is 6.30. The third kappa shape index (κ3) is 3.83. The van der Waals surface area contributed by atoms with Crippen molar-refractivity contribution in [1.29, 1.82) is 0 Å². The Bertz CT molecular complexity index is 337. The number of benzene rings is 1. The summed E-state index contributed by atoms with van der Waals surface area (Å²) < 4.78 is 5.83. The molecule has 2 heteroatoms. The van der Waals surface area contributed by atoms with Gasteiger partial charge in [0, 0.05) is 6.61 Å². The Labute approximate surface area is 105 Å². The largest absolute Gasteiger partial charge is 0.376 e. The van der Waals surface area contributed by atoms with E-state index in [4.69, 9.17) is 10.5 Å². The summed E-state index contributed by atoms with van der Waals surface area (Å²) in [5, 5.41) is 0. The van der Waals surface area contributed by atoms with E-state index in [9.17, 15) is 0 Å². The molecule has 96 valence electrons. The van der Waals surface area contributed by atoms with Gasteiger partial charge in [0.15, 0.2) is 0 Å². The Balaban J connectivity index is 2.91. The van der Waals surface area contributed by atoms with Gasteiger partial charge >= 0.3 is 0 Å². The van der Waals surface area contributed by atoms with Gasteiger partial charge in [0.1, 0.15) is 0 Å². The molecule has 2 unspecified atom stereocenters. The van der Waals surface area contributed by atoms with Gasteiger partial charge in [-0.3, -0.25) is 0 Å². The lowest BCUT2D eigenvalue weighted by molar-refractivity contribution is -0.0283. The fourth-order valence-corrected chi connectivity index (χ4v) is 2.04. The number of hydrogen-bond acceptors (Lipinski definition) is 2. The van der Waals surface area contributed by atoms with Gasteiger partial charge in [0.2, 0.25) is 0 Å². The van der Waals surface area contributed by atoms with Crippen molar-refractivity contribution in [2.75, 3.05) is 6.61 Å². The van der Waals surface area contributed by atoms with Crippen LogP contribution in [0, 0.1) is 12.3 Å². The topological polar surface area (TPSA) is 35.2 Å². The van der Waals surface area contributed by atoms with Crippen molar-refractivity contribution in [3.8, 4) is 0 Å². The fourth-order valence-electron chi connectivity index (χ4n) is 2.04. The van der Waals surface area contributed by atoms with Crippen molar-refractivity contribution in [3.63, 3.8) is 0 Å². The lowest BCUT2D eigenvalue weighted by Gasteiger charge is -2.35. The molecular formula is C15H25NO. The molecule has 0 aliphatic rings. The predicted molar refractivity (Wildman–Crippen MR) is 73.0 cm³/mol. The van der Waals surface area contributed by atoms with E-state index >= 15 is 0 Å². The molecule has 1 aromatic carbocycles. The molecule has 0 saturated carbocycles. The average Bonchev–Trinajstić information content (AvgIpc) is 2.24. The minimum atomic E-state index is -0.0736. The van der Waals surface area contributed by atoms with Crippen LogP contribution in [-0.2, 0) is 4.74 Å². The molecule has 0 radical (unpaired) electrons. The molecule has 0 fully saturated rings. The van der Waals surface area contributed by atoms with Gasteiger partial charge in [-0.1, -0.05) is 50.6 Å². The van der Waals surface area contributed by atoms with Gasteiger partial charge in [-0.2, -0.15) is 0 Å². The van der Waals surface area contributed by atoms with Crippen LogP contribution in [-0.4, -0.2) is 12.7 Å². The van der Waals surface area contributed by atoms with Crippen LogP contribution in [0.1, 0.15) is 44.9 Å². The van der Waals surface area contributed by atoms with E-state index in [1.165, 1.54) is 5.56 Å². The monoisotopic (exact) mass is 235 g/mol. The van der Waals surface area contributed by atoms with Gasteiger partial charge in [0.25, 0.3) is 0 Å². The van der Waals surface area contributed by atoms with Crippen molar-refractivity contribution in [2.45, 2.75) is 46.8 Å². The summed E-state index contributed by atoms with van der Waals surface area (Å²) in [7, 11) is 0. The van der Waals surface area contributed by atoms with E-state index in [1.807, 2.05) is 6.92 Å². The Morgan fingerprint density at radius 2 is 1.71 bits per heavy atom. The highest BCUT2D eigenvalue weighted by Gasteiger charge is 2.31. The molecule has 2 nitrogen and oxygen atoms in total. The molecule has 2 atom stereocenters. The van der Waals surface area contributed by atoms with Gasteiger partial charge in [0.05, 0.1) is 12.1 Å². The van der Waals surface area contributed by atoms with Crippen LogP contribution in [0.25, 0.3) is 0 Å². The summed E-state index contributed by atoms with van der Waals surface area (Å²) in [6.45, 7) is 11.3. The standard InChI is InChI=1S/C15H25NO/c1-6-17-14(15(3,4)5)13(16)12-9-7-11(2)8-10-12/h7-10,13-14H,6,16H2,1-5H3. The molecule has 0 heterocycles. The smallest absolute Gasteiger partial charge is 0.0815 e. The zero-order valence-electron chi connectivity index (χ0n) is 11.7. The van der Waals surface area contributed by atoms with Gasteiger partial charge < -0.3 is 10.5 Å². The van der Waals surface area contributed by atoms with E-state index in [2.05, 4.69) is 52.0 Å². The van der Waals surface area contributed by atoms with Crippen LogP contribution in [0.5, 0.6) is 0 Å². The highest BCUT2D eigenvalue weighted by atomic mass is 16.5. The van der Waals surface area contributed by atoms with Gasteiger partial charge in [-0.05, 0) is 24.8 Å². The van der Waals surface area contributed by atoms with Crippen LogP contribution in [0.4, 0.5) is 0 Å². The molecule has 0 spiro atoms. The SMILES string of the molecule is CCOC(C(N)c1ccc(C)cc1)C(C)(C)C. The Kier molecular flexibility index (Phi) is 4.72. The Morgan fingerprint density at radius 3 is 2.12 bits per heavy atom. The third-order valence-electron chi connectivity index (χ3n) is 2.99. The van der Waals surface area contributed by atoms with Crippen LogP contribution in [0.15, 0.2) is 24.3 Å². The van der Waals surface area contributed by atoms with Crippen LogP contribution >= 0.6 is 0 Å². The fraction of sp³-hybridized carbons (Fsp3) is 0.600. The summed E-state index contributed by atoms with van der Waals surface area (Å²) in [5.41, 5.74) is 8.78. The first-order valence-electron chi connectivity index (χ1n) is 6.30. The molecule has 2 N–H and O–H groups in total. The van der Waals surface area contributed by atoms with E-state index < -0.39 is 0 Å². The third-order valence-corrected chi connectivity index (χ3v) is 2.99. The molecule has 17 heavy (non-hydrogen) atoms. The first kappa shape index (κ1) is 14.2.